The smallest absolute Gasteiger partial charge is 0.303 e. The molecule has 0 atom stereocenters. The van der Waals surface area contributed by atoms with E-state index >= 15 is 0 Å². The summed E-state index contributed by atoms with van der Waals surface area (Å²) in [5.41, 5.74) is 1.31. The van der Waals surface area contributed by atoms with Gasteiger partial charge in [-0.15, -0.1) is 0 Å². The summed E-state index contributed by atoms with van der Waals surface area (Å²) in [5, 5.41) is 11.2. The molecule has 0 bridgehead atoms. The topological polar surface area (TPSA) is 113 Å². The quantitative estimate of drug-likeness (QED) is 0.592. The van der Waals surface area contributed by atoms with Crippen molar-refractivity contribution in [3.63, 3.8) is 0 Å². The minimum atomic E-state index is -3.30. The number of sulfonamides is 1. The summed E-state index contributed by atoms with van der Waals surface area (Å²) in [5.74, 6) is -0.994. The molecule has 1 amide bonds. The van der Waals surface area contributed by atoms with E-state index < -0.39 is 16.0 Å². The van der Waals surface area contributed by atoms with Crippen LogP contribution in [0.15, 0.2) is 24.3 Å². The molecule has 0 aliphatic heterocycles. The number of hydrogen-bond donors (Lipinski definition) is 3. The molecule has 0 heterocycles. The van der Waals surface area contributed by atoms with Gasteiger partial charge in [0.15, 0.2) is 0 Å². The molecular weight excluding hydrogens is 308 g/mol. The Balaban J connectivity index is 2.32. The van der Waals surface area contributed by atoms with Crippen LogP contribution in [0.4, 0.5) is 5.69 Å². The average Bonchev–Trinajstić information content (AvgIpc) is 2.41. The molecule has 0 aromatic heterocycles. The zero-order valence-electron chi connectivity index (χ0n) is 12.3. The SMILES string of the molecule is CS(=O)(=O)Nc1ccc(CNC(=O)CCCCC(=O)O)cc1. The van der Waals surface area contributed by atoms with E-state index in [0.717, 1.165) is 11.8 Å². The first-order valence-corrected chi connectivity index (χ1v) is 8.70. The third-order valence-corrected chi connectivity index (χ3v) is 3.40. The van der Waals surface area contributed by atoms with Crippen molar-refractivity contribution in [3.8, 4) is 0 Å². The van der Waals surface area contributed by atoms with Crippen molar-refractivity contribution in [2.45, 2.75) is 32.2 Å². The largest absolute Gasteiger partial charge is 0.481 e. The number of unbranched alkanes of at least 4 members (excludes halogenated alkanes) is 1. The molecule has 7 nitrogen and oxygen atoms in total. The summed E-state index contributed by atoms with van der Waals surface area (Å²) < 4.78 is 24.5. The molecule has 0 saturated carbocycles. The van der Waals surface area contributed by atoms with Gasteiger partial charge in [-0.25, -0.2) is 8.42 Å². The number of carbonyl (C=O) groups is 2. The minimum Gasteiger partial charge on any atom is -0.481 e. The normalized spacial score (nSPS) is 11.0. The Bertz CT molecular complexity index is 611. The number of anilines is 1. The number of carboxylic acid groups (broad SMARTS) is 1. The highest BCUT2D eigenvalue weighted by Crippen LogP contribution is 2.10. The highest BCUT2D eigenvalue weighted by atomic mass is 32.2. The monoisotopic (exact) mass is 328 g/mol. The van der Waals surface area contributed by atoms with Crippen molar-refractivity contribution in [2.24, 2.45) is 0 Å². The van der Waals surface area contributed by atoms with Gasteiger partial charge >= 0.3 is 5.97 Å². The van der Waals surface area contributed by atoms with Crippen molar-refractivity contribution >= 4 is 27.6 Å². The maximum atomic E-state index is 11.6. The minimum absolute atomic E-state index is 0.0715. The zero-order chi connectivity index (χ0) is 16.6. The number of hydrogen-bond acceptors (Lipinski definition) is 4. The second-order valence-corrected chi connectivity index (χ2v) is 6.70. The number of benzene rings is 1. The Morgan fingerprint density at radius 1 is 1.09 bits per heavy atom. The van der Waals surface area contributed by atoms with Crippen LogP contribution in [0.1, 0.15) is 31.2 Å². The van der Waals surface area contributed by atoms with E-state index in [2.05, 4.69) is 10.0 Å². The number of carboxylic acids is 1. The van der Waals surface area contributed by atoms with Gasteiger partial charge in [0.05, 0.1) is 6.26 Å². The molecule has 1 aromatic carbocycles. The molecule has 22 heavy (non-hydrogen) atoms. The van der Waals surface area contributed by atoms with E-state index in [-0.39, 0.29) is 12.3 Å². The van der Waals surface area contributed by atoms with Crippen LogP contribution in [0.2, 0.25) is 0 Å². The van der Waals surface area contributed by atoms with Crippen molar-refractivity contribution in [1.29, 1.82) is 0 Å². The Kier molecular flexibility index (Phi) is 6.84. The summed E-state index contributed by atoms with van der Waals surface area (Å²) in [6, 6.07) is 6.68. The second kappa shape index (κ2) is 8.38. The number of carbonyl (C=O) groups excluding carboxylic acids is 1. The summed E-state index contributed by atoms with van der Waals surface area (Å²) in [6.45, 7) is 0.344. The number of rotatable bonds is 9. The van der Waals surface area contributed by atoms with Crippen LogP contribution in [-0.4, -0.2) is 31.7 Å². The maximum absolute atomic E-state index is 11.6. The van der Waals surface area contributed by atoms with Gasteiger partial charge in [0.2, 0.25) is 15.9 Å². The van der Waals surface area contributed by atoms with E-state index in [1.54, 1.807) is 24.3 Å². The summed E-state index contributed by atoms with van der Waals surface area (Å²) in [4.78, 5) is 21.9. The fraction of sp³-hybridized carbons (Fsp3) is 0.429. The second-order valence-electron chi connectivity index (χ2n) is 4.95. The Morgan fingerprint density at radius 2 is 1.68 bits per heavy atom. The highest BCUT2D eigenvalue weighted by Gasteiger charge is 2.04. The highest BCUT2D eigenvalue weighted by molar-refractivity contribution is 7.92. The van der Waals surface area contributed by atoms with Crippen LogP contribution in [0.25, 0.3) is 0 Å². The third-order valence-electron chi connectivity index (χ3n) is 2.79. The maximum Gasteiger partial charge on any atom is 0.303 e. The first-order valence-electron chi connectivity index (χ1n) is 6.81. The van der Waals surface area contributed by atoms with Gasteiger partial charge in [0.1, 0.15) is 0 Å². The van der Waals surface area contributed by atoms with Gasteiger partial charge in [-0.1, -0.05) is 12.1 Å². The van der Waals surface area contributed by atoms with Gasteiger partial charge in [-0.05, 0) is 30.5 Å². The molecule has 122 valence electrons. The van der Waals surface area contributed by atoms with E-state index in [9.17, 15) is 18.0 Å². The van der Waals surface area contributed by atoms with Crippen LogP contribution < -0.4 is 10.0 Å². The lowest BCUT2D eigenvalue weighted by atomic mass is 10.1. The first kappa shape index (κ1) is 18.0. The predicted molar refractivity (Wildman–Crippen MR) is 82.9 cm³/mol. The summed E-state index contributed by atoms with van der Waals surface area (Å²) in [6.07, 6.45) is 2.46. The first-order chi connectivity index (χ1) is 10.3. The lowest BCUT2D eigenvalue weighted by molar-refractivity contribution is -0.137. The molecule has 8 heteroatoms. The zero-order valence-corrected chi connectivity index (χ0v) is 13.1. The van der Waals surface area contributed by atoms with Crippen LogP contribution in [0.3, 0.4) is 0 Å². The van der Waals surface area contributed by atoms with Crippen LogP contribution >= 0.6 is 0 Å². The van der Waals surface area contributed by atoms with Gasteiger partial charge in [-0.2, -0.15) is 0 Å². The summed E-state index contributed by atoms with van der Waals surface area (Å²) in [7, 11) is -3.30. The summed E-state index contributed by atoms with van der Waals surface area (Å²) >= 11 is 0. The predicted octanol–water partition coefficient (Wildman–Crippen LogP) is 1.32. The molecule has 1 rings (SSSR count). The van der Waals surface area contributed by atoms with E-state index in [1.807, 2.05) is 0 Å². The van der Waals surface area contributed by atoms with Gasteiger partial charge in [0.25, 0.3) is 0 Å². The van der Waals surface area contributed by atoms with Gasteiger partial charge < -0.3 is 10.4 Å². The Hall–Kier alpha value is -2.09. The van der Waals surface area contributed by atoms with Crippen molar-refractivity contribution in [2.75, 3.05) is 11.0 Å². The van der Waals surface area contributed by atoms with E-state index in [1.165, 1.54) is 0 Å². The molecule has 0 spiro atoms. The molecule has 0 unspecified atom stereocenters. The van der Waals surface area contributed by atoms with Crippen molar-refractivity contribution in [1.82, 2.24) is 5.32 Å². The molecular formula is C14H20N2O5S. The van der Waals surface area contributed by atoms with Crippen LogP contribution in [-0.2, 0) is 26.2 Å². The molecule has 1 aromatic rings. The molecule has 0 aliphatic rings. The fourth-order valence-corrected chi connectivity index (χ4v) is 2.32. The molecule has 0 saturated heterocycles. The Labute approximate surface area is 129 Å². The molecule has 0 aliphatic carbocycles. The van der Waals surface area contributed by atoms with E-state index in [0.29, 0.717) is 31.5 Å². The lowest BCUT2D eigenvalue weighted by Crippen LogP contribution is -2.22. The average molecular weight is 328 g/mol. The number of amides is 1. The van der Waals surface area contributed by atoms with Crippen LogP contribution in [0, 0.1) is 0 Å². The lowest BCUT2D eigenvalue weighted by Gasteiger charge is -2.07. The molecule has 3 N–H and O–H groups in total. The van der Waals surface area contributed by atoms with Gasteiger partial charge in [0, 0.05) is 25.1 Å². The van der Waals surface area contributed by atoms with Crippen LogP contribution in [0.5, 0.6) is 0 Å². The van der Waals surface area contributed by atoms with E-state index in [4.69, 9.17) is 5.11 Å². The Morgan fingerprint density at radius 3 is 2.23 bits per heavy atom. The fourth-order valence-electron chi connectivity index (χ4n) is 1.76. The number of nitrogens with one attached hydrogen (secondary N) is 2. The molecule has 0 radical (unpaired) electrons. The molecule has 0 fully saturated rings. The standard InChI is InChI=1S/C14H20N2O5S/c1-22(20,21)16-12-8-6-11(7-9-12)10-15-13(17)4-2-3-5-14(18)19/h6-9,16H,2-5,10H2,1H3,(H,15,17)(H,18,19). The van der Waals surface area contributed by atoms with Crippen molar-refractivity contribution in [3.05, 3.63) is 29.8 Å². The van der Waals surface area contributed by atoms with Crippen molar-refractivity contribution < 1.29 is 23.1 Å². The number of aliphatic carboxylic acids is 1. The third kappa shape index (κ3) is 8.25. The van der Waals surface area contributed by atoms with Gasteiger partial charge in [-0.3, -0.25) is 14.3 Å².